The number of fused-ring (bicyclic) bond motifs is 1. The van der Waals surface area contributed by atoms with Gasteiger partial charge < -0.3 is 25.8 Å². The molecule has 42 heavy (non-hydrogen) atoms. The van der Waals surface area contributed by atoms with Crippen LogP contribution in [0.5, 0.6) is 0 Å². The number of primary amides is 1. The Morgan fingerprint density at radius 1 is 1.21 bits per heavy atom. The summed E-state index contributed by atoms with van der Waals surface area (Å²) in [5, 5.41) is 13.5. The van der Waals surface area contributed by atoms with E-state index in [0.29, 0.717) is 32.7 Å². The monoisotopic (exact) mass is 582 g/mol. The zero-order valence-corrected chi connectivity index (χ0v) is 24.4. The number of hydrogen-bond donors (Lipinski definition) is 4. The number of epoxide rings is 1. The van der Waals surface area contributed by atoms with Gasteiger partial charge in [-0.25, -0.2) is 0 Å². The summed E-state index contributed by atoms with van der Waals surface area (Å²) in [6, 6.07) is 4.59. The first-order valence-electron chi connectivity index (χ1n) is 14.9. The molecule has 12 heteroatoms. The number of morpholine rings is 1. The number of nitrogens with two attached hydrogens (primary N) is 1. The number of aromatic nitrogens is 2. The summed E-state index contributed by atoms with van der Waals surface area (Å²) in [6.07, 6.45) is 6.08. The molecule has 3 heterocycles. The van der Waals surface area contributed by atoms with Crippen molar-refractivity contribution in [2.45, 2.75) is 69.6 Å². The molecule has 0 radical (unpaired) electrons. The number of carbonyl (C=O) groups is 4. The highest BCUT2D eigenvalue weighted by Gasteiger charge is 2.58. The van der Waals surface area contributed by atoms with E-state index in [1.807, 2.05) is 23.1 Å². The second-order valence-corrected chi connectivity index (χ2v) is 12.3. The Morgan fingerprint density at radius 2 is 1.93 bits per heavy atom. The summed E-state index contributed by atoms with van der Waals surface area (Å²) < 4.78 is 10.9. The lowest BCUT2D eigenvalue weighted by molar-refractivity contribution is -0.142. The topological polar surface area (TPSA) is 172 Å². The summed E-state index contributed by atoms with van der Waals surface area (Å²) in [7, 11) is 0. The highest BCUT2D eigenvalue weighted by molar-refractivity contribution is 6.01. The van der Waals surface area contributed by atoms with Crippen LogP contribution in [0.25, 0.3) is 10.9 Å². The number of benzene rings is 1. The van der Waals surface area contributed by atoms with Crippen molar-refractivity contribution in [2.24, 2.45) is 17.6 Å². The first-order chi connectivity index (χ1) is 20.1. The van der Waals surface area contributed by atoms with Crippen molar-refractivity contribution in [3.63, 3.8) is 0 Å². The molecule has 1 saturated carbocycles. The van der Waals surface area contributed by atoms with E-state index < -0.39 is 34.9 Å². The minimum absolute atomic E-state index is 0.00282. The summed E-state index contributed by atoms with van der Waals surface area (Å²) in [6.45, 7) is 6.03. The second kappa shape index (κ2) is 12.5. The van der Waals surface area contributed by atoms with Crippen molar-refractivity contribution in [3.8, 4) is 0 Å². The van der Waals surface area contributed by atoms with Gasteiger partial charge in [0, 0.05) is 24.9 Å². The largest absolute Gasteiger partial charge is 0.379 e. The van der Waals surface area contributed by atoms with Gasteiger partial charge in [0.2, 0.25) is 17.7 Å². The number of ether oxygens (including phenoxy) is 2. The first kappa shape index (κ1) is 30.1. The number of carbonyl (C=O) groups excluding carboxylic acids is 4. The smallest absolute Gasteiger partial charge is 0.244 e. The lowest BCUT2D eigenvalue weighted by atomic mass is 9.69. The van der Waals surface area contributed by atoms with E-state index in [-0.39, 0.29) is 37.2 Å². The van der Waals surface area contributed by atoms with Gasteiger partial charge >= 0.3 is 0 Å². The number of nitrogens with one attached hydrogen (secondary N) is 3. The Labute approximate surface area is 245 Å². The molecular formula is C30H42N6O6. The maximum absolute atomic E-state index is 14.1. The average Bonchev–Trinajstić information content (AvgIpc) is 3.32. The number of aromatic amines is 1. The average molecular weight is 583 g/mol. The normalized spacial score (nSPS) is 24.0. The summed E-state index contributed by atoms with van der Waals surface area (Å²) in [5.41, 5.74) is 4.96. The minimum atomic E-state index is -1.74. The zero-order chi connectivity index (χ0) is 29.9. The third kappa shape index (κ3) is 6.66. The second-order valence-electron chi connectivity index (χ2n) is 12.3. The van der Waals surface area contributed by atoms with Crippen molar-refractivity contribution >= 4 is 34.4 Å². The van der Waals surface area contributed by atoms with Crippen molar-refractivity contribution in [3.05, 3.63) is 30.0 Å². The number of ketones is 1. The van der Waals surface area contributed by atoms with Gasteiger partial charge in [-0.05, 0) is 43.9 Å². The molecule has 12 nitrogen and oxygen atoms in total. The van der Waals surface area contributed by atoms with E-state index in [9.17, 15) is 19.2 Å². The fourth-order valence-corrected chi connectivity index (χ4v) is 6.37. The molecule has 3 fully saturated rings. The van der Waals surface area contributed by atoms with E-state index in [0.717, 1.165) is 42.1 Å². The Hall–Kier alpha value is -3.35. The highest BCUT2D eigenvalue weighted by atomic mass is 16.6. The van der Waals surface area contributed by atoms with Crippen molar-refractivity contribution in [1.29, 1.82) is 0 Å². The molecule has 1 aromatic heterocycles. The molecule has 0 bridgehead atoms. The molecule has 3 amide bonds. The summed E-state index contributed by atoms with van der Waals surface area (Å²) >= 11 is 0. The Balaban J connectivity index is 1.45. The van der Waals surface area contributed by atoms with Crippen molar-refractivity contribution in [2.75, 3.05) is 39.5 Å². The zero-order valence-electron chi connectivity index (χ0n) is 24.4. The summed E-state index contributed by atoms with van der Waals surface area (Å²) in [5.74, 6) is -2.62. The van der Waals surface area contributed by atoms with Gasteiger partial charge in [-0.2, -0.15) is 5.10 Å². The molecule has 2 saturated heterocycles. The fourth-order valence-electron chi connectivity index (χ4n) is 6.37. The minimum Gasteiger partial charge on any atom is -0.379 e. The van der Waals surface area contributed by atoms with Crippen LogP contribution in [0.3, 0.4) is 0 Å². The third-order valence-corrected chi connectivity index (χ3v) is 9.07. The Kier molecular flexibility index (Phi) is 8.95. The molecule has 1 aliphatic carbocycles. The number of nitrogens with zero attached hydrogens (tertiary/aromatic N) is 2. The van der Waals surface area contributed by atoms with E-state index in [2.05, 4.69) is 20.8 Å². The van der Waals surface area contributed by atoms with Gasteiger partial charge in [0.05, 0.1) is 44.0 Å². The lowest BCUT2D eigenvalue weighted by Gasteiger charge is -2.40. The van der Waals surface area contributed by atoms with Crippen LogP contribution in [-0.2, 0) is 35.1 Å². The predicted octanol–water partition coefficient (Wildman–Crippen LogP) is 0.837. The SMILES string of the molecule is C[C@H](NC(=O)CN1CCOCC1)C(=O)NC(Cc1ccc2[nH]ncc2c1)(C(N)=O)[C@H](CC1CCCC1)C(=O)[C@@]1(C)CO1. The van der Waals surface area contributed by atoms with E-state index in [1.165, 1.54) is 0 Å². The molecule has 2 aromatic rings. The molecule has 1 aromatic carbocycles. The van der Waals surface area contributed by atoms with Crippen LogP contribution >= 0.6 is 0 Å². The molecule has 228 valence electrons. The fraction of sp³-hybridized carbons (Fsp3) is 0.633. The van der Waals surface area contributed by atoms with Crippen LogP contribution in [0.2, 0.25) is 0 Å². The molecule has 5 rings (SSSR count). The van der Waals surface area contributed by atoms with Gasteiger partial charge in [-0.3, -0.25) is 29.2 Å². The number of Topliss-reactive ketones (excluding diaryl/α,β-unsaturated/α-hetero) is 1. The van der Waals surface area contributed by atoms with Gasteiger partial charge in [0.25, 0.3) is 0 Å². The molecule has 3 aliphatic rings. The molecule has 5 N–H and O–H groups in total. The van der Waals surface area contributed by atoms with Gasteiger partial charge in [0.1, 0.15) is 17.2 Å². The number of amides is 3. The van der Waals surface area contributed by atoms with Crippen LogP contribution in [0.15, 0.2) is 24.4 Å². The number of rotatable bonds is 13. The molecule has 2 aliphatic heterocycles. The lowest BCUT2D eigenvalue weighted by Crippen LogP contribution is -2.68. The van der Waals surface area contributed by atoms with E-state index in [4.69, 9.17) is 15.2 Å². The maximum Gasteiger partial charge on any atom is 0.244 e. The maximum atomic E-state index is 14.1. The van der Waals surface area contributed by atoms with Crippen molar-refractivity contribution in [1.82, 2.24) is 25.7 Å². The van der Waals surface area contributed by atoms with Gasteiger partial charge in [0.15, 0.2) is 5.78 Å². The number of H-pyrrole nitrogens is 1. The van der Waals surface area contributed by atoms with Crippen molar-refractivity contribution < 1.29 is 28.7 Å². The predicted molar refractivity (Wildman–Crippen MR) is 154 cm³/mol. The Bertz CT molecular complexity index is 1310. The van der Waals surface area contributed by atoms with Crippen LogP contribution in [-0.4, -0.2) is 95.2 Å². The van der Waals surface area contributed by atoms with Crippen LogP contribution in [0.4, 0.5) is 0 Å². The van der Waals surface area contributed by atoms with Crippen LogP contribution in [0, 0.1) is 11.8 Å². The van der Waals surface area contributed by atoms with Crippen LogP contribution < -0.4 is 16.4 Å². The quantitative estimate of drug-likeness (QED) is 0.252. The summed E-state index contributed by atoms with van der Waals surface area (Å²) in [4.78, 5) is 56.2. The third-order valence-electron chi connectivity index (χ3n) is 9.07. The highest BCUT2D eigenvalue weighted by Crippen LogP contribution is 2.41. The van der Waals surface area contributed by atoms with E-state index >= 15 is 0 Å². The first-order valence-corrected chi connectivity index (χ1v) is 14.9. The van der Waals surface area contributed by atoms with E-state index in [1.54, 1.807) is 20.0 Å². The molecule has 4 atom stereocenters. The number of hydrogen-bond acceptors (Lipinski definition) is 8. The van der Waals surface area contributed by atoms with Crippen LogP contribution in [0.1, 0.15) is 51.5 Å². The van der Waals surface area contributed by atoms with Gasteiger partial charge in [-0.15, -0.1) is 0 Å². The standard InChI is InChI=1S/C30H42N6O6/c1-19(33-25(37)17-36-9-11-41-12-10-36)27(39)34-30(28(31)40,15-21-7-8-24-22(13-21)16-32-35-24)23(14-20-5-3-4-6-20)26(38)29(2)18-42-29/h7-8,13,16,19-20,23H,3-6,9-12,14-15,17-18H2,1-2H3,(H2,31,40)(H,32,35)(H,33,37)(H,34,39)/t19-,23+,29+,30?/m0/s1. The molecular weight excluding hydrogens is 540 g/mol. The Morgan fingerprint density at radius 3 is 2.60 bits per heavy atom. The van der Waals surface area contributed by atoms with Gasteiger partial charge in [-0.1, -0.05) is 31.7 Å². The molecule has 1 unspecified atom stereocenters. The molecule has 0 spiro atoms.